The van der Waals surface area contributed by atoms with Crippen LogP contribution in [0.25, 0.3) is 0 Å². The highest BCUT2D eigenvalue weighted by atomic mass is 32.2. The lowest BCUT2D eigenvalue weighted by molar-refractivity contribution is -0.137. The van der Waals surface area contributed by atoms with Gasteiger partial charge in [-0.15, -0.1) is 11.8 Å². The van der Waals surface area contributed by atoms with Gasteiger partial charge in [-0.3, -0.25) is 4.79 Å². The molecule has 0 aliphatic carbocycles. The van der Waals surface area contributed by atoms with Gasteiger partial charge in [0.25, 0.3) is 0 Å². The van der Waals surface area contributed by atoms with E-state index < -0.39 is 0 Å². The number of carbonyl (C=O) groups excluding carboxylic acids is 1. The summed E-state index contributed by atoms with van der Waals surface area (Å²) in [6, 6.07) is 8.62. The van der Waals surface area contributed by atoms with E-state index in [-0.39, 0.29) is 5.92 Å². The number of rotatable bonds is 2. The summed E-state index contributed by atoms with van der Waals surface area (Å²) in [5, 5.41) is 0. The summed E-state index contributed by atoms with van der Waals surface area (Å²) >= 11 is 1.93. The summed E-state index contributed by atoms with van der Waals surface area (Å²) in [6.07, 6.45) is 2.22. The van der Waals surface area contributed by atoms with E-state index in [0.717, 1.165) is 31.7 Å². The fourth-order valence-corrected chi connectivity index (χ4v) is 4.20. The summed E-state index contributed by atoms with van der Waals surface area (Å²) in [4.78, 5) is 15.6. The molecule has 18 heavy (non-hydrogen) atoms. The van der Waals surface area contributed by atoms with Crippen LogP contribution in [0.5, 0.6) is 0 Å². The number of hydrogen-bond donors (Lipinski definition) is 0. The van der Waals surface area contributed by atoms with Crippen molar-refractivity contribution in [2.24, 2.45) is 5.92 Å². The van der Waals surface area contributed by atoms with Gasteiger partial charge in [0.05, 0.1) is 0 Å². The molecule has 0 bridgehead atoms. The summed E-state index contributed by atoms with van der Waals surface area (Å²) in [6.45, 7) is 3.92. The molecule has 2 atom stereocenters. The zero-order chi connectivity index (χ0) is 12.5. The Bertz CT molecular complexity index is 460. The molecule has 1 saturated heterocycles. The lowest BCUT2D eigenvalue weighted by Crippen LogP contribution is -2.42. The van der Waals surface area contributed by atoms with Gasteiger partial charge in [-0.1, -0.05) is 25.1 Å². The van der Waals surface area contributed by atoms with Crippen molar-refractivity contribution >= 4 is 17.7 Å². The van der Waals surface area contributed by atoms with Gasteiger partial charge in [-0.25, -0.2) is 0 Å². The second kappa shape index (κ2) is 4.96. The molecule has 0 radical (unpaired) electrons. The maximum absolute atomic E-state index is 12.1. The Balaban J connectivity index is 1.73. The molecule has 1 aromatic rings. The molecule has 0 N–H and O–H groups in total. The summed E-state index contributed by atoms with van der Waals surface area (Å²) in [5.41, 5.74) is 1.44. The zero-order valence-electron chi connectivity index (χ0n) is 10.8. The number of fused-ring (bicyclic) bond motifs is 1. The van der Waals surface area contributed by atoms with Crippen molar-refractivity contribution in [3.8, 4) is 0 Å². The lowest BCUT2D eigenvalue weighted by atomic mass is 9.96. The maximum atomic E-state index is 12.1. The van der Waals surface area contributed by atoms with Crippen LogP contribution < -0.4 is 0 Å². The molecule has 2 heterocycles. The minimum Gasteiger partial charge on any atom is -0.342 e. The Labute approximate surface area is 113 Å². The van der Waals surface area contributed by atoms with Crippen LogP contribution in [0.15, 0.2) is 29.2 Å². The number of piperidine rings is 1. The summed E-state index contributed by atoms with van der Waals surface area (Å²) < 4.78 is 0. The quantitative estimate of drug-likeness (QED) is 0.815. The number of thioether (sulfide) groups is 1. The molecular weight excluding hydrogens is 242 g/mol. The van der Waals surface area contributed by atoms with E-state index >= 15 is 0 Å². The molecule has 2 aliphatic heterocycles. The van der Waals surface area contributed by atoms with Gasteiger partial charge < -0.3 is 4.90 Å². The average molecular weight is 261 g/mol. The van der Waals surface area contributed by atoms with Crippen molar-refractivity contribution in [2.75, 3.05) is 18.8 Å². The standard InChI is InChI=1S/C15H19NOS/c1-11-5-4-8-16(15(11)17)9-12-10-18-14-7-3-2-6-13(12)14/h2-3,6-7,11-12H,4-5,8-10H2,1H3. The number of likely N-dealkylation sites (tertiary alicyclic amines) is 1. The Hall–Kier alpha value is -0.960. The van der Waals surface area contributed by atoms with Crippen LogP contribution >= 0.6 is 11.8 Å². The van der Waals surface area contributed by atoms with E-state index in [2.05, 4.69) is 36.1 Å². The molecule has 0 saturated carbocycles. The number of amides is 1. The van der Waals surface area contributed by atoms with Crippen molar-refractivity contribution in [1.82, 2.24) is 4.90 Å². The van der Waals surface area contributed by atoms with Gasteiger partial charge in [-0.05, 0) is 24.5 Å². The second-order valence-electron chi connectivity index (χ2n) is 5.37. The van der Waals surface area contributed by atoms with Gasteiger partial charge in [0, 0.05) is 35.6 Å². The van der Waals surface area contributed by atoms with E-state index in [1.54, 1.807) is 0 Å². The third kappa shape index (κ3) is 2.16. The normalized spacial score (nSPS) is 27.4. The second-order valence-corrected chi connectivity index (χ2v) is 6.44. The first-order valence-electron chi connectivity index (χ1n) is 6.76. The number of hydrogen-bond acceptors (Lipinski definition) is 2. The maximum Gasteiger partial charge on any atom is 0.225 e. The highest BCUT2D eigenvalue weighted by Crippen LogP contribution is 2.40. The minimum atomic E-state index is 0.225. The fraction of sp³-hybridized carbons (Fsp3) is 0.533. The fourth-order valence-electron chi connectivity index (χ4n) is 2.96. The molecule has 1 aromatic carbocycles. The SMILES string of the molecule is CC1CCCN(CC2CSc3ccccc32)C1=O. The largest absolute Gasteiger partial charge is 0.342 e. The molecule has 3 heteroatoms. The van der Waals surface area contributed by atoms with Crippen LogP contribution in [0.2, 0.25) is 0 Å². The number of nitrogens with zero attached hydrogens (tertiary/aromatic N) is 1. The first-order chi connectivity index (χ1) is 8.75. The zero-order valence-corrected chi connectivity index (χ0v) is 11.6. The molecular formula is C15H19NOS. The molecule has 2 nitrogen and oxygen atoms in total. The first-order valence-corrected chi connectivity index (χ1v) is 7.75. The van der Waals surface area contributed by atoms with Gasteiger partial charge in [0.1, 0.15) is 0 Å². The third-order valence-corrected chi connectivity index (χ3v) is 5.29. The van der Waals surface area contributed by atoms with Crippen LogP contribution in [0.1, 0.15) is 31.2 Å². The van der Waals surface area contributed by atoms with Gasteiger partial charge in [0.2, 0.25) is 5.91 Å². The molecule has 3 rings (SSSR count). The lowest BCUT2D eigenvalue weighted by Gasteiger charge is -2.32. The van der Waals surface area contributed by atoms with Crippen LogP contribution in [0, 0.1) is 5.92 Å². The Kier molecular flexibility index (Phi) is 3.33. The van der Waals surface area contributed by atoms with Crippen LogP contribution in [0.4, 0.5) is 0 Å². The van der Waals surface area contributed by atoms with E-state index in [0.29, 0.717) is 11.8 Å². The third-order valence-electron chi connectivity index (χ3n) is 4.04. The Morgan fingerprint density at radius 1 is 1.39 bits per heavy atom. The molecule has 0 spiro atoms. The van der Waals surface area contributed by atoms with E-state index in [1.165, 1.54) is 10.5 Å². The van der Waals surface area contributed by atoms with Crippen LogP contribution in [-0.2, 0) is 4.79 Å². The minimum absolute atomic E-state index is 0.225. The summed E-state index contributed by atoms with van der Waals surface area (Å²) in [7, 11) is 0. The van der Waals surface area contributed by atoms with Crippen LogP contribution in [-0.4, -0.2) is 29.6 Å². The van der Waals surface area contributed by atoms with Gasteiger partial charge in [0.15, 0.2) is 0 Å². The molecule has 96 valence electrons. The smallest absolute Gasteiger partial charge is 0.225 e. The molecule has 1 amide bonds. The van der Waals surface area contributed by atoms with E-state index in [9.17, 15) is 4.79 Å². The highest BCUT2D eigenvalue weighted by Gasteiger charge is 2.30. The van der Waals surface area contributed by atoms with Gasteiger partial charge in [-0.2, -0.15) is 0 Å². The predicted octanol–water partition coefficient (Wildman–Crippen LogP) is 3.13. The Morgan fingerprint density at radius 2 is 2.22 bits per heavy atom. The van der Waals surface area contributed by atoms with Crippen molar-refractivity contribution in [3.63, 3.8) is 0 Å². The summed E-state index contributed by atoms with van der Waals surface area (Å²) in [5.74, 6) is 2.23. The van der Waals surface area contributed by atoms with E-state index in [1.807, 2.05) is 11.8 Å². The Morgan fingerprint density at radius 3 is 3.11 bits per heavy atom. The molecule has 2 aliphatic rings. The van der Waals surface area contributed by atoms with Crippen LogP contribution in [0.3, 0.4) is 0 Å². The van der Waals surface area contributed by atoms with Crippen molar-refractivity contribution in [1.29, 1.82) is 0 Å². The van der Waals surface area contributed by atoms with Crippen molar-refractivity contribution in [3.05, 3.63) is 29.8 Å². The monoisotopic (exact) mass is 261 g/mol. The topological polar surface area (TPSA) is 20.3 Å². The molecule has 1 fully saturated rings. The number of benzene rings is 1. The van der Waals surface area contributed by atoms with Crippen molar-refractivity contribution in [2.45, 2.75) is 30.6 Å². The van der Waals surface area contributed by atoms with Crippen molar-refractivity contribution < 1.29 is 4.79 Å². The number of carbonyl (C=O) groups is 1. The first kappa shape index (κ1) is 12.1. The molecule has 2 unspecified atom stereocenters. The predicted molar refractivity (Wildman–Crippen MR) is 74.9 cm³/mol. The average Bonchev–Trinajstić information content (AvgIpc) is 2.79. The highest BCUT2D eigenvalue weighted by molar-refractivity contribution is 7.99. The molecule has 0 aromatic heterocycles. The van der Waals surface area contributed by atoms with Gasteiger partial charge >= 0.3 is 0 Å². The van der Waals surface area contributed by atoms with E-state index in [4.69, 9.17) is 0 Å².